The van der Waals surface area contributed by atoms with Gasteiger partial charge < -0.3 is 14.8 Å². The van der Waals surface area contributed by atoms with E-state index >= 15 is 0 Å². The van der Waals surface area contributed by atoms with Crippen molar-refractivity contribution in [1.82, 2.24) is 4.90 Å². The van der Waals surface area contributed by atoms with Crippen molar-refractivity contribution < 1.29 is 19.5 Å². The van der Waals surface area contributed by atoms with Gasteiger partial charge in [0.05, 0.1) is 5.71 Å². The molecule has 2 heterocycles. The van der Waals surface area contributed by atoms with Crippen LogP contribution in [0.3, 0.4) is 0 Å². The number of hydrogen-bond donors (Lipinski definition) is 1. The van der Waals surface area contributed by atoms with Gasteiger partial charge in [0.1, 0.15) is 0 Å². The average molecular weight is 240 g/mol. The molecule has 0 aromatic heterocycles. The number of likely N-dealkylation sites (tertiary alicyclic amines) is 1. The van der Waals surface area contributed by atoms with Crippen molar-refractivity contribution in [3.8, 4) is 0 Å². The van der Waals surface area contributed by atoms with Crippen molar-refractivity contribution in [2.24, 2.45) is 11.1 Å². The summed E-state index contributed by atoms with van der Waals surface area (Å²) in [6, 6.07) is 0. The summed E-state index contributed by atoms with van der Waals surface area (Å²) in [5.41, 5.74) is 0.834. The molecule has 0 aromatic rings. The molecule has 17 heavy (non-hydrogen) atoms. The van der Waals surface area contributed by atoms with Gasteiger partial charge in [-0.25, -0.2) is 4.79 Å². The summed E-state index contributed by atoms with van der Waals surface area (Å²) >= 11 is 0. The number of carboxylic acid groups (broad SMARTS) is 1. The molecule has 0 radical (unpaired) electrons. The van der Waals surface area contributed by atoms with Crippen molar-refractivity contribution >= 4 is 17.6 Å². The van der Waals surface area contributed by atoms with Crippen LogP contribution in [0.25, 0.3) is 0 Å². The van der Waals surface area contributed by atoms with Crippen LogP contribution in [0.4, 0.5) is 0 Å². The van der Waals surface area contributed by atoms with Crippen LogP contribution < -0.4 is 0 Å². The summed E-state index contributed by atoms with van der Waals surface area (Å²) in [6.07, 6.45) is 1.23. The second-order valence-corrected chi connectivity index (χ2v) is 4.50. The Balaban J connectivity index is 1.86. The lowest BCUT2D eigenvalue weighted by molar-refractivity contribution is -0.148. The number of carboxylic acids is 1. The number of amides is 1. The highest BCUT2D eigenvalue weighted by molar-refractivity contribution is 5.92. The van der Waals surface area contributed by atoms with E-state index in [4.69, 9.17) is 9.94 Å². The fourth-order valence-corrected chi connectivity index (χ4v) is 2.30. The van der Waals surface area contributed by atoms with Crippen LogP contribution in [0.1, 0.15) is 26.2 Å². The SMILES string of the molecule is CC(=O)N1CCC(C2=NOC(C(=O)O)C2)CC1. The number of nitrogens with zero attached hydrogens (tertiary/aromatic N) is 2. The molecule has 2 aliphatic heterocycles. The van der Waals surface area contributed by atoms with Gasteiger partial charge in [-0.15, -0.1) is 0 Å². The van der Waals surface area contributed by atoms with Crippen LogP contribution in [0.5, 0.6) is 0 Å². The second kappa shape index (κ2) is 4.73. The van der Waals surface area contributed by atoms with Gasteiger partial charge in [0.2, 0.25) is 12.0 Å². The Morgan fingerprint density at radius 2 is 2.06 bits per heavy atom. The molecular weight excluding hydrogens is 224 g/mol. The Labute approximate surface area is 99.2 Å². The number of hydrogen-bond acceptors (Lipinski definition) is 4. The lowest BCUT2D eigenvalue weighted by Gasteiger charge is -2.30. The topological polar surface area (TPSA) is 79.2 Å². The maximum atomic E-state index is 11.2. The molecule has 0 spiro atoms. The van der Waals surface area contributed by atoms with Gasteiger partial charge in [-0.3, -0.25) is 4.79 Å². The molecular formula is C11H16N2O4. The molecule has 1 saturated heterocycles. The van der Waals surface area contributed by atoms with E-state index in [-0.39, 0.29) is 11.8 Å². The largest absolute Gasteiger partial charge is 0.478 e. The fourth-order valence-electron chi connectivity index (χ4n) is 2.30. The van der Waals surface area contributed by atoms with E-state index in [0.717, 1.165) is 31.6 Å². The lowest BCUT2D eigenvalue weighted by Crippen LogP contribution is -2.39. The lowest BCUT2D eigenvalue weighted by atomic mass is 9.89. The van der Waals surface area contributed by atoms with Gasteiger partial charge in [-0.05, 0) is 12.8 Å². The van der Waals surface area contributed by atoms with Gasteiger partial charge >= 0.3 is 5.97 Å². The van der Waals surface area contributed by atoms with Gasteiger partial charge in [0.15, 0.2) is 0 Å². The van der Waals surface area contributed by atoms with E-state index in [1.165, 1.54) is 0 Å². The Hall–Kier alpha value is -1.59. The van der Waals surface area contributed by atoms with Crippen molar-refractivity contribution in [3.05, 3.63) is 0 Å². The Kier molecular flexibility index (Phi) is 3.31. The van der Waals surface area contributed by atoms with Gasteiger partial charge in [0, 0.05) is 32.4 Å². The van der Waals surface area contributed by atoms with E-state index in [2.05, 4.69) is 5.16 Å². The summed E-state index contributed by atoms with van der Waals surface area (Å²) in [7, 11) is 0. The molecule has 0 bridgehead atoms. The van der Waals surface area contributed by atoms with Gasteiger partial charge in [-0.2, -0.15) is 0 Å². The quantitative estimate of drug-likeness (QED) is 0.761. The highest BCUT2D eigenvalue weighted by atomic mass is 16.7. The van der Waals surface area contributed by atoms with Crippen molar-refractivity contribution in [2.45, 2.75) is 32.3 Å². The zero-order chi connectivity index (χ0) is 12.4. The normalized spacial score (nSPS) is 25.4. The third-order valence-corrected chi connectivity index (χ3v) is 3.38. The minimum atomic E-state index is -0.968. The molecule has 0 aromatic carbocycles. The zero-order valence-electron chi connectivity index (χ0n) is 9.76. The van der Waals surface area contributed by atoms with Crippen LogP contribution in [-0.4, -0.2) is 46.8 Å². The molecule has 0 aliphatic carbocycles. The molecule has 6 heteroatoms. The number of carbonyl (C=O) groups is 2. The Bertz CT molecular complexity index is 358. The molecule has 2 aliphatic rings. The zero-order valence-corrected chi connectivity index (χ0v) is 9.76. The number of oxime groups is 1. The van der Waals surface area contributed by atoms with Crippen molar-refractivity contribution in [1.29, 1.82) is 0 Å². The minimum Gasteiger partial charge on any atom is -0.478 e. The van der Waals surface area contributed by atoms with Gasteiger partial charge in [-0.1, -0.05) is 5.16 Å². The molecule has 1 atom stereocenters. The summed E-state index contributed by atoms with van der Waals surface area (Å²) in [4.78, 5) is 28.6. The van der Waals surface area contributed by atoms with Crippen molar-refractivity contribution in [2.75, 3.05) is 13.1 Å². The van der Waals surface area contributed by atoms with E-state index in [1.807, 2.05) is 4.90 Å². The predicted molar refractivity (Wildman–Crippen MR) is 59.5 cm³/mol. The third-order valence-electron chi connectivity index (χ3n) is 3.38. The number of carbonyl (C=O) groups excluding carboxylic acids is 1. The van der Waals surface area contributed by atoms with E-state index < -0.39 is 12.1 Å². The first-order valence-electron chi connectivity index (χ1n) is 5.79. The second-order valence-electron chi connectivity index (χ2n) is 4.50. The first kappa shape index (κ1) is 11.9. The molecule has 1 fully saturated rings. The maximum Gasteiger partial charge on any atom is 0.348 e. The monoisotopic (exact) mass is 240 g/mol. The Morgan fingerprint density at radius 3 is 2.53 bits per heavy atom. The van der Waals surface area contributed by atoms with Crippen LogP contribution in [-0.2, 0) is 14.4 Å². The standard InChI is InChI=1S/C11H16N2O4/c1-7(14)13-4-2-8(3-5-13)9-6-10(11(15)16)17-12-9/h8,10H,2-6H2,1H3,(H,15,16). The molecule has 0 saturated carbocycles. The van der Waals surface area contributed by atoms with Crippen LogP contribution in [0, 0.1) is 5.92 Å². The van der Waals surface area contributed by atoms with Crippen LogP contribution in [0.2, 0.25) is 0 Å². The average Bonchev–Trinajstić information content (AvgIpc) is 2.78. The van der Waals surface area contributed by atoms with Gasteiger partial charge in [0.25, 0.3) is 0 Å². The summed E-state index contributed by atoms with van der Waals surface area (Å²) < 4.78 is 0. The third kappa shape index (κ3) is 2.57. The minimum absolute atomic E-state index is 0.0940. The predicted octanol–water partition coefficient (Wildman–Crippen LogP) is 0.474. The molecule has 6 nitrogen and oxygen atoms in total. The first-order valence-corrected chi connectivity index (χ1v) is 5.79. The number of piperidine rings is 1. The van der Waals surface area contributed by atoms with E-state index in [1.54, 1.807) is 6.92 Å². The van der Waals surface area contributed by atoms with Crippen molar-refractivity contribution in [3.63, 3.8) is 0 Å². The highest BCUT2D eigenvalue weighted by Crippen LogP contribution is 2.25. The molecule has 2 rings (SSSR count). The number of aliphatic carboxylic acids is 1. The summed E-state index contributed by atoms with van der Waals surface area (Å²) in [5.74, 6) is -0.614. The molecule has 1 amide bonds. The van der Waals surface area contributed by atoms with E-state index in [0.29, 0.717) is 6.42 Å². The fraction of sp³-hybridized carbons (Fsp3) is 0.727. The highest BCUT2D eigenvalue weighted by Gasteiger charge is 2.33. The van der Waals surface area contributed by atoms with Crippen LogP contribution >= 0.6 is 0 Å². The summed E-state index contributed by atoms with van der Waals surface area (Å²) in [6.45, 7) is 3.00. The smallest absolute Gasteiger partial charge is 0.348 e. The molecule has 94 valence electrons. The summed E-state index contributed by atoms with van der Waals surface area (Å²) in [5, 5.41) is 12.7. The maximum absolute atomic E-state index is 11.2. The van der Waals surface area contributed by atoms with Crippen LogP contribution in [0.15, 0.2) is 5.16 Å². The van der Waals surface area contributed by atoms with E-state index in [9.17, 15) is 9.59 Å². The number of rotatable bonds is 2. The Morgan fingerprint density at radius 1 is 1.41 bits per heavy atom. The first-order chi connectivity index (χ1) is 8.08. The molecule has 1 unspecified atom stereocenters. The molecule has 1 N–H and O–H groups in total.